The van der Waals surface area contributed by atoms with Crippen molar-refractivity contribution in [2.75, 3.05) is 0 Å². The summed E-state index contributed by atoms with van der Waals surface area (Å²) in [4.78, 5) is 1.45. The normalized spacial score (nSPS) is 10.4. The van der Waals surface area contributed by atoms with Crippen LogP contribution in [0.15, 0.2) is 54.6 Å². The van der Waals surface area contributed by atoms with E-state index < -0.39 is 0 Å². The summed E-state index contributed by atoms with van der Waals surface area (Å²) >= 11 is 0. The molecule has 3 N–H and O–H groups in total. The van der Waals surface area contributed by atoms with E-state index in [0.717, 1.165) is 11.3 Å². The summed E-state index contributed by atoms with van der Waals surface area (Å²) in [5.41, 5.74) is 7.76. The second-order valence-electron chi connectivity index (χ2n) is 4.23. The van der Waals surface area contributed by atoms with Crippen molar-refractivity contribution in [2.45, 2.75) is 0 Å². The maximum absolute atomic E-state index is 7.35. The molecular weight excluding hydrogens is 252 g/mol. The van der Waals surface area contributed by atoms with Crippen molar-refractivity contribution in [1.82, 2.24) is 20.2 Å². The van der Waals surface area contributed by atoms with Gasteiger partial charge in [0.1, 0.15) is 5.84 Å². The zero-order chi connectivity index (χ0) is 13.9. The Labute approximate surface area is 115 Å². The summed E-state index contributed by atoms with van der Waals surface area (Å²) in [5.74, 6) is 0.606. The number of nitrogens with two attached hydrogens (primary N) is 1. The van der Waals surface area contributed by atoms with Gasteiger partial charge in [-0.3, -0.25) is 5.41 Å². The summed E-state index contributed by atoms with van der Waals surface area (Å²) in [6.45, 7) is 0. The lowest BCUT2D eigenvalue weighted by Crippen LogP contribution is -2.11. The van der Waals surface area contributed by atoms with Gasteiger partial charge in [-0.2, -0.15) is 0 Å². The second-order valence-corrected chi connectivity index (χ2v) is 4.23. The molecule has 20 heavy (non-hydrogen) atoms. The Morgan fingerprint density at radius 3 is 2.35 bits per heavy atom. The maximum atomic E-state index is 7.35. The van der Waals surface area contributed by atoms with E-state index in [1.807, 2.05) is 30.3 Å². The molecule has 0 spiro atoms. The van der Waals surface area contributed by atoms with Crippen LogP contribution < -0.4 is 5.73 Å². The van der Waals surface area contributed by atoms with Gasteiger partial charge < -0.3 is 5.73 Å². The number of amidine groups is 1. The molecule has 0 saturated carbocycles. The molecule has 1 aromatic heterocycles. The highest BCUT2D eigenvalue weighted by Gasteiger charge is 2.07. The number of benzene rings is 2. The van der Waals surface area contributed by atoms with Gasteiger partial charge in [0, 0.05) is 11.1 Å². The molecule has 0 saturated heterocycles. The Bertz CT molecular complexity index is 730. The fraction of sp³-hybridized carbons (Fsp3) is 0. The lowest BCUT2D eigenvalue weighted by molar-refractivity contribution is 0.720. The molecule has 0 amide bonds. The molecule has 0 atom stereocenters. The van der Waals surface area contributed by atoms with Crippen LogP contribution in [0.4, 0.5) is 0 Å². The molecule has 0 aliphatic rings. The highest BCUT2D eigenvalue weighted by Crippen LogP contribution is 2.14. The molecule has 1 heterocycles. The highest BCUT2D eigenvalue weighted by molar-refractivity contribution is 5.95. The minimum absolute atomic E-state index is 0.0353. The Morgan fingerprint density at radius 2 is 1.70 bits per heavy atom. The molecule has 3 aromatic rings. The SMILES string of the molecule is N=C(N)c1ccc(-n2nnc(-c3ccccc3)n2)cc1. The molecule has 0 bridgehead atoms. The number of tetrazole rings is 1. The molecule has 6 nitrogen and oxygen atoms in total. The quantitative estimate of drug-likeness (QED) is 0.555. The Balaban J connectivity index is 1.92. The van der Waals surface area contributed by atoms with E-state index in [1.54, 1.807) is 24.3 Å². The summed E-state index contributed by atoms with van der Waals surface area (Å²) in [7, 11) is 0. The van der Waals surface area contributed by atoms with E-state index in [4.69, 9.17) is 11.1 Å². The number of nitrogens with zero attached hydrogens (tertiary/aromatic N) is 4. The standard InChI is InChI=1S/C14H12N6/c15-13(16)10-6-8-12(9-7-10)20-18-14(17-19-20)11-4-2-1-3-5-11/h1-9H,(H3,15,16). The van der Waals surface area contributed by atoms with Crippen LogP contribution in [-0.2, 0) is 0 Å². The van der Waals surface area contributed by atoms with Crippen LogP contribution in [0.25, 0.3) is 17.1 Å². The molecular formula is C14H12N6. The van der Waals surface area contributed by atoms with Gasteiger partial charge in [-0.25, -0.2) is 0 Å². The smallest absolute Gasteiger partial charge is 0.205 e. The molecule has 0 aliphatic carbocycles. The summed E-state index contributed by atoms with van der Waals surface area (Å²) in [5, 5.41) is 19.8. The van der Waals surface area contributed by atoms with Crippen LogP contribution in [-0.4, -0.2) is 26.0 Å². The third-order valence-electron chi connectivity index (χ3n) is 2.85. The zero-order valence-corrected chi connectivity index (χ0v) is 10.6. The molecule has 0 unspecified atom stereocenters. The predicted molar refractivity (Wildman–Crippen MR) is 75.6 cm³/mol. The van der Waals surface area contributed by atoms with E-state index in [9.17, 15) is 0 Å². The number of nitrogen functional groups attached to an aromatic ring is 1. The van der Waals surface area contributed by atoms with Gasteiger partial charge in [-0.15, -0.1) is 15.0 Å². The number of hydrogen-bond acceptors (Lipinski definition) is 4. The third-order valence-corrected chi connectivity index (χ3v) is 2.85. The highest BCUT2D eigenvalue weighted by atomic mass is 15.6. The first-order chi connectivity index (χ1) is 9.74. The van der Waals surface area contributed by atoms with Crippen LogP contribution in [0.3, 0.4) is 0 Å². The van der Waals surface area contributed by atoms with Gasteiger partial charge in [-0.1, -0.05) is 30.3 Å². The lowest BCUT2D eigenvalue weighted by atomic mass is 10.2. The average molecular weight is 264 g/mol. The zero-order valence-electron chi connectivity index (χ0n) is 10.6. The molecule has 98 valence electrons. The largest absolute Gasteiger partial charge is 0.384 e. The van der Waals surface area contributed by atoms with Crippen LogP contribution in [0.5, 0.6) is 0 Å². The summed E-state index contributed by atoms with van der Waals surface area (Å²) < 4.78 is 0. The average Bonchev–Trinajstić information content (AvgIpc) is 2.98. The van der Waals surface area contributed by atoms with E-state index >= 15 is 0 Å². The Kier molecular flexibility index (Phi) is 2.96. The number of rotatable bonds is 3. The number of hydrogen-bond donors (Lipinski definition) is 2. The van der Waals surface area contributed by atoms with Crippen molar-refractivity contribution >= 4 is 5.84 Å². The maximum Gasteiger partial charge on any atom is 0.205 e. The van der Waals surface area contributed by atoms with Crippen molar-refractivity contribution in [3.05, 3.63) is 60.2 Å². The van der Waals surface area contributed by atoms with Gasteiger partial charge >= 0.3 is 0 Å². The topological polar surface area (TPSA) is 93.5 Å². The van der Waals surface area contributed by atoms with Gasteiger partial charge in [0.2, 0.25) is 5.82 Å². The molecule has 6 heteroatoms. The first-order valence-corrected chi connectivity index (χ1v) is 6.04. The minimum Gasteiger partial charge on any atom is -0.384 e. The number of aromatic nitrogens is 4. The molecule has 0 radical (unpaired) electrons. The van der Waals surface area contributed by atoms with E-state index in [1.165, 1.54) is 4.80 Å². The van der Waals surface area contributed by atoms with Gasteiger partial charge in [-0.05, 0) is 29.5 Å². The molecule has 2 aromatic carbocycles. The van der Waals surface area contributed by atoms with Crippen molar-refractivity contribution in [2.24, 2.45) is 5.73 Å². The van der Waals surface area contributed by atoms with Crippen LogP contribution in [0.2, 0.25) is 0 Å². The fourth-order valence-corrected chi connectivity index (χ4v) is 1.80. The first kappa shape index (κ1) is 12.0. The molecule has 0 aliphatic heterocycles. The van der Waals surface area contributed by atoms with E-state index in [2.05, 4.69) is 15.4 Å². The fourth-order valence-electron chi connectivity index (χ4n) is 1.80. The Morgan fingerprint density at radius 1 is 1.00 bits per heavy atom. The first-order valence-electron chi connectivity index (χ1n) is 6.04. The van der Waals surface area contributed by atoms with Gasteiger partial charge in [0.15, 0.2) is 0 Å². The van der Waals surface area contributed by atoms with Gasteiger partial charge in [0.05, 0.1) is 5.69 Å². The lowest BCUT2D eigenvalue weighted by Gasteiger charge is -2.00. The van der Waals surface area contributed by atoms with Crippen molar-refractivity contribution in [1.29, 1.82) is 5.41 Å². The third kappa shape index (κ3) is 2.26. The van der Waals surface area contributed by atoms with E-state index in [-0.39, 0.29) is 5.84 Å². The molecule has 3 rings (SSSR count). The second kappa shape index (κ2) is 4.93. The monoisotopic (exact) mass is 264 g/mol. The van der Waals surface area contributed by atoms with Crippen LogP contribution in [0.1, 0.15) is 5.56 Å². The molecule has 0 fully saturated rings. The van der Waals surface area contributed by atoms with Crippen molar-refractivity contribution in [3.8, 4) is 17.1 Å². The minimum atomic E-state index is 0.0353. The van der Waals surface area contributed by atoms with Crippen LogP contribution in [0, 0.1) is 5.41 Å². The summed E-state index contributed by atoms with van der Waals surface area (Å²) in [6, 6.07) is 16.8. The Hall–Kier alpha value is -3.02. The van der Waals surface area contributed by atoms with Crippen LogP contribution >= 0.6 is 0 Å². The van der Waals surface area contributed by atoms with Gasteiger partial charge in [0.25, 0.3) is 0 Å². The van der Waals surface area contributed by atoms with E-state index in [0.29, 0.717) is 11.4 Å². The number of nitrogens with one attached hydrogen (secondary N) is 1. The predicted octanol–water partition coefficient (Wildman–Crippen LogP) is 1.61. The van der Waals surface area contributed by atoms with Crippen molar-refractivity contribution in [3.63, 3.8) is 0 Å². The van der Waals surface area contributed by atoms with Crippen molar-refractivity contribution < 1.29 is 0 Å². The summed E-state index contributed by atoms with van der Waals surface area (Å²) in [6.07, 6.45) is 0.